The second-order valence-corrected chi connectivity index (χ2v) is 4.20. The molecule has 3 heteroatoms. The fourth-order valence-corrected chi connectivity index (χ4v) is 1.79. The van der Waals surface area contributed by atoms with Crippen molar-refractivity contribution in [2.45, 2.75) is 26.3 Å². The molecule has 2 unspecified atom stereocenters. The number of methoxy groups -OCH3 is 1. The van der Waals surface area contributed by atoms with Gasteiger partial charge in [0, 0.05) is 12.6 Å². The first-order valence-electron chi connectivity index (χ1n) is 6.05. The van der Waals surface area contributed by atoms with Gasteiger partial charge in [-0.1, -0.05) is 44.2 Å². The number of carbonyl (C=O) groups is 1. The molecule has 2 atom stereocenters. The van der Waals surface area contributed by atoms with Crippen molar-refractivity contribution in [3.8, 4) is 0 Å². The van der Waals surface area contributed by atoms with Crippen molar-refractivity contribution in [2.75, 3.05) is 13.7 Å². The lowest BCUT2D eigenvalue weighted by Gasteiger charge is -2.19. The molecule has 1 rings (SSSR count). The SMILES string of the molecule is CCC(NCC(C)C(=O)OC)c1ccccc1. The summed E-state index contributed by atoms with van der Waals surface area (Å²) in [5.41, 5.74) is 1.26. The van der Waals surface area contributed by atoms with Crippen molar-refractivity contribution in [1.29, 1.82) is 0 Å². The fraction of sp³-hybridized carbons (Fsp3) is 0.500. The van der Waals surface area contributed by atoms with Crippen molar-refractivity contribution in [2.24, 2.45) is 5.92 Å². The van der Waals surface area contributed by atoms with Crippen LogP contribution in [-0.2, 0) is 9.53 Å². The fourth-order valence-electron chi connectivity index (χ4n) is 1.79. The normalized spacial score (nSPS) is 14.1. The van der Waals surface area contributed by atoms with Crippen LogP contribution in [0.3, 0.4) is 0 Å². The second kappa shape index (κ2) is 7.07. The quantitative estimate of drug-likeness (QED) is 0.770. The Hall–Kier alpha value is -1.35. The number of hydrogen-bond acceptors (Lipinski definition) is 3. The van der Waals surface area contributed by atoms with Crippen LogP contribution in [0.15, 0.2) is 30.3 Å². The molecule has 1 aromatic carbocycles. The third-order valence-corrected chi connectivity index (χ3v) is 2.88. The standard InChI is InChI=1S/C14H21NO2/c1-4-13(12-8-6-5-7-9-12)15-10-11(2)14(16)17-3/h5-9,11,13,15H,4,10H2,1-3H3. The number of esters is 1. The predicted molar refractivity (Wildman–Crippen MR) is 68.7 cm³/mol. The monoisotopic (exact) mass is 235 g/mol. The number of benzene rings is 1. The zero-order valence-corrected chi connectivity index (χ0v) is 10.8. The number of nitrogens with one attached hydrogen (secondary N) is 1. The predicted octanol–water partition coefficient (Wildman–Crippen LogP) is 2.54. The molecule has 17 heavy (non-hydrogen) atoms. The van der Waals surface area contributed by atoms with Crippen molar-refractivity contribution in [1.82, 2.24) is 5.32 Å². The zero-order valence-electron chi connectivity index (χ0n) is 10.8. The van der Waals surface area contributed by atoms with Crippen LogP contribution in [-0.4, -0.2) is 19.6 Å². The summed E-state index contributed by atoms with van der Waals surface area (Å²) < 4.78 is 4.70. The Bertz CT molecular complexity index is 337. The van der Waals surface area contributed by atoms with E-state index in [1.165, 1.54) is 12.7 Å². The first-order chi connectivity index (χ1) is 8.19. The Morgan fingerprint density at radius 3 is 2.53 bits per heavy atom. The topological polar surface area (TPSA) is 38.3 Å². The maximum atomic E-state index is 11.3. The van der Waals surface area contributed by atoms with E-state index in [9.17, 15) is 4.79 Å². The van der Waals surface area contributed by atoms with E-state index in [0.29, 0.717) is 12.6 Å². The Morgan fingerprint density at radius 1 is 1.35 bits per heavy atom. The Balaban J connectivity index is 2.51. The Labute approximate surface area is 103 Å². The molecular weight excluding hydrogens is 214 g/mol. The highest BCUT2D eigenvalue weighted by Gasteiger charge is 2.15. The highest BCUT2D eigenvalue weighted by atomic mass is 16.5. The number of hydrogen-bond donors (Lipinski definition) is 1. The molecule has 0 aromatic heterocycles. The average Bonchev–Trinajstić information content (AvgIpc) is 2.39. The van der Waals surface area contributed by atoms with Crippen LogP contribution in [0.4, 0.5) is 0 Å². The summed E-state index contributed by atoms with van der Waals surface area (Å²) >= 11 is 0. The van der Waals surface area contributed by atoms with Crippen LogP contribution in [0.5, 0.6) is 0 Å². The molecule has 0 amide bonds. The van der Waals surface area contributed by atoms with E-state index in [1.807, 2.05) is 25.1 Å². The highest BCUT2D eigenvalue weighted by molar-refractivity contribution is 5.72. The molecule has 0 radical (unpaired) electrons. The number of ether oxygens (including phenoxy) is 1. The first kappa shape index (κ1) is 13.7. The second-order valence-electron chi connectivity index (χ2n) is 4.20. The molecule has 0 fully saturated rings. The Morgan fingerprint density at radius 2 is 2.00 bits per heavy atom. The van der Waals surface area contributed by atoms with Gasteiger partial charge in [0.05, 0.1) is 13.0 Å². The van der Waals surface area contributed by atoms with E-state index in [4.69, 9.17) is 4.74 Å². The largest absolute Gasteiger partial charge is 0.469 e. The molecule has 0 aliphatic heterocycles. The van der Waals surface area contributed by atoms with Crippen LogP contribution < -0.4 is 5.32 Å². The van der Waals surface area contributed by atoms with Gasteiger partial charge in [0.25, 0.3) is 0 Å². The molecular formula is C14H21NO2. The molecule has 3 nitrogen and oxygen atoms in total. The minimum atomic E-state index is -0.166. The minimum absolute atomic E-state index is 0.113. The summed E-state index contributed by atoms with van der Waals surface area (Å²) in [6, 6.07) is 10.6. The van der Waals surface area contributed by atoms with Crippen molar-refractivity contribution >= 4 is 5.97 Å². The zero-order chi connectivity index (χ0) is 12.7. The summed E-state index contributed by atoms with van der Waals surface area (Å²) in [6.07, 6.45) is 0.998. The number of carbonyl (C=O) groups excluding carboxylic acids is 1. The van der Waals surface area contributed by atoms with Crippen LogP contribution in [0.25, 0.3) is 0 Å². The van der Waals surface area contributed by atoms with Gasteiger partial charge in [0.15, 0.2) is 0 Å². The summed E-state index contributed by atoms with van der Waals surface area (Å²) in [4.78, 5) is 11.3. The van der Waals surface area contributed by atoms with Gasteiger partial charge in [-0.05, 0) is 12.0 Å². The van der Waals surface area contributed by atoms with Gasteiger partial charge in [-0.15, -0.1) is 0 Å². The maximum absolute atomic E-state index is 11.3. The summed E-state index contributed by atoms with van der Waals surface area (Å²) in [5.74, 6) is -0.279. The van der Waals surface area contributed by atoms with Crippen LogP contribution in [0, 0.1) is 5.92 Å². The van der Waals surface area contributed by atoms with Crippen molar-refractivity contribution in [3.63, 3.8) is 0 Å². The lowest BCUT2D eigenvalue weighted by molar-refractivity contribution is -0.144. The van der Waals surface area contributed by atoms with Crippen LogP contribution in [0.1, 0.15) is 31.9 Å². The highest BCUT2D eigenvalue weighted by Crippen LogP contribution is 2.16. The Kier molecular flexibility index (Phi) is 5.70. The number of rotatable bonds is 6. The third kappa shape index (κ3) is 4.19. The van der Waals surface area contributed by atoms with E-state index in [2.05, 4.69) is 24.4 Å². The van der Waals surface area contributed by atoms with Gasteiger partial charge in [-0.25, -0.2) is 0 Å². The van der Waals surface area contributed by atoms with Gasteiger partial charge in [0.2, 0.25) is 0 Å². The van der Waals surface area contributed by atoms with E-state index in [0.717, 1.165) is 6.42 Å². The van der Waals surface area contributed by atoms with Crippen LogP contribution >= 0.6 is 0 Å². The molecule has 0 spiro atoms. The molecule has 0 aliphatic carbocycles. The van der Waals surface area contributed by atoms with E-state index >= 15 is 0 Å². The summed E-state index contributed by atoms with van der Waals surface area (Å²) in [5, 5.41) is 3.40. The molecule has 0 saturated heterocycles. The smallest absolute Gasteiger partial charge is 0.309 e. The maximum Gasteiger partial charge on any atom is 0.309 e. The average molecular weight is 235 g/mol. The molecule has 0 aliphatic rings. The van der Waals surface area contributed by atoms with Crippen LogP contribution in [0.2, 0.25) is 0 Å². The van der Waals surface area contributed by atoms with Gasteiger partial charge in [-0.2, -0.15) is 0 Å². The molecule has 1 aromatic rings. The van der Waals surface area contributed by atoms with Gasteiger partial charge < -0.3 is 10.1 Å². The van der Waals surface area contributed by atoms with Crippen molar-refractivity contribution < 1.29 is 9.53 Å². The molecule has 1 N–H and O–H groups in total. The third-order valence-electron chi connectivity index (χ3n) is 2.88. The van der Waals surface area contributed by atoms with Gasteiger partial charge in [-0.3, -0.25) is 4.79 Å². The lowest BCUT2D eigenvalue weighted by atomic mass is 10.0. The molecule has 94 valence electrons. The summed E-state index contributed by atoms with van der Waals surface area (Å²) in [6.45, 7) is 4.64. The first-order valence-corrected chi connectivity index (χ1v) is 6.05. The van der Waals surface area contributed by atoms with E-state index in [-0.39, 0.29) is 11.9 Å². The van der Waals surface area contributed by atoms with E-state index < -0.39 is 0 Å². The van der Waals surface area contributed by atoms with Crippen molar-refractivity contribution in [3.05, 3.63) is 35.9 Å². The lowest BCUT2D eigenvalue weighted by Crippen LogP contribution is -2.30. The van der Waals surface area contributed by atoms with Gasteiger partial charge in [0.1, 0.15) is 0 Å². The summed E-state index contributed by atoms with van der Waals surface area (Å²) in [7, 11) is 1.42. The molecule has 0 bridgehead atoms. The van der Waals surface area contributed by atoms with Gasteiger partial charge >= 0.3 is 5.97 Å². The minimum Gasteiger partial charge on any atom is -0.469 e. The molecule has 0 heterocycles. The van der Waals surface area contributed by atoms with E-state index in [1.54, 1.807) is 0 Å². The molecule has 0 saturated carbocycles.